The summed E-state index contributed by atoms with van der Waals surface area (Å²) in [6, 6.07) is 20.0. The van der Waals surface area contributed by atoms with Crippen LogP contribution in [0, 0.1) is 0 Å². The second-order valence-corrected chi connectivity index (χ2v) is 5.39. The van der Waals surface area contributed by atoms with Gasteiger partial charge in [-0.05, 0) is 37.4 Å². The smallest absolute Gasteiger partial charge is 0.0521 e. The molecule has 0 N–H and O–H groups in total. The standard InChI is InChI=1S/C17H20N2/c1-18(2)17-13-19(15-9-4-3-5-10-15)12-14-8-6-7-11-16(14)17/h3-11,17H,12-13H2,1-2H3/t17-/m1/s1. The minimum atomic E-state index is 0.463. The summed E-state index contributed by atoms with van der Waals surface area (Å²) in [5.41, 5.74) is 4.22. The number of anilines is 1. The molecule has 0 unspecified atom stereocenters. The van der Waals surface area contributed by atoms with Crippen molar-refractivity contribution < 1.29 is 0 Å². The van der Waals surface area contributed by atoms with E-state index in [1.54, 1.807) is 0 Å². The summed E-state index contributed by atoms with van der Waals surface area (Å²) in [6.45, 7) is 2.05. The molecule has 0 fully saturated rings. The van der Waals surface area contributed by atoms with E-state index in [4.69, 9.17) is 0 Å². The van der Waals surface area contributed by atoms with Crippen LogP contribution in [0.1, 0.15) is 17.2 Å². The lowest BCUT2D eigenvalue weighted by Crippen LogP contribution is -2.39. The van der Waals surface area contributed by atoms with E-state index in [9.17, 15) is 0 Å². The zero-order valence-electron chi connectivity index (χ0n) is 11.6. The molecule has 19 heavy (non-hydrogen) atoms. The molecule has 0 aliphatic carbocycles. The van der Waals surface area contributed by atoms with Gasteiger partial charge in [0, 0.05) is 18.8 Å². The van der Waals surface area contributed by atoms with Crippen LogP contribution in [0.4, 0.5) is 5.69 Å². The molecular formula is C17H20N2. The van der Waals surface area contributed by atoms with Gasteiger partial charge in [-0.2, -0.15) is 0 Å². The van der Waals surface area contributed by atoms with Crippen LogP contribution in [0.15, 0.2) is 54.6 Å². The number of fused-ring (bicyclic) bond motifs is 1. The van der Waals surface area contributed by atoms with E-state index in [1.165, 1.54) is 16.8 Å². The molecule has 3 rings (SSSR count). The maximum atomic E-state index is 2.47. The Hall–Kier alpha value is -1.80. The van der Waals surface area contributed by atoms with Crippen molar-refractivity contribution in [2.45, 2.75) is 12.6 Å². The third-order valence-electron chi connectivity index (χ3n) is 3.91. The normalized spacial score (nSPS) is 18.5. The maximum absolute atomic E-state index is 2.47. The third kappa shape index (κ3) is 2.36. The lowest BCUT2D eigenvalue weighted by atomic mass is 9.94. The number of benzene rings is 2. The zero-order valence-corrected chi connectivity index (χ0v) is 11.6. The van der Waals surface area contributed by atoms with Crippen molar-refractivity contribution in [1.29, 1.82) is 0 Å². The van der Waals surface area contributed by atoms with Crippen LogP contribution in [0.2, 0.25) is 0 Å². The second kappa shape index (κ2) is 5.06. The summed E-state index contributed by atoms with van der Waals surface area (Å²) in [6.07, 6.45) is 0. The van der Waals surface area contributed by atoms with Gasteiger partial charge in [0.05, 0.1) is 6.04 Å². The first-order chi connectivity index (χ1) is 9.25. The fraction of sp³-hybridized carbons (Fsp3) is 0.294. The largest absolute Gasteiger partial charge is 0.365 e. The minimum absolute atomic E-state index is 0.463. The number of rotatable bonds is 2. The molecular weight excluding hydrogens is 232 g/mol. The van der Waals surface area contributed by atoms with Crippen molar-refractivity contribution in [3.8, 4) is 0 Å². The molecule has 1 aliphatic rings. The zero-order chi connectivity index (χ0) is 13.2. The Kier molecular flexibility index (Phi) is 3.26. The van der Waals surface area contributed by atoms with Crippen LogP contribution in [-0.4, -0.2) is 25.5 Å². The molecule has 0 aromatic heterocycles. The minimum Gasteiger partial charge on any atom is -0.365 e. The predicted molar refractivity (Wildman–Crippen MR) is 80.4 cm³/mol. The number of hydrogen-bond donors (Lipinski definition) is 0. The highest BCUT2D eigenvalue weighted by Gasteiger charge is 2.26. The Morgan fingerprint density at radius 1 is 0.947 bits per heavy atom. The topological polar surface area (TPSA) is 6.48 Å². The summed E-state index contributed by atoms with van der Waals surface area (Å²) >= 11 is 0. The molecule has 0 bridgehead atoms. The number of nitrogens with zero attached hydrogens (tertiary/aromatic N) is 2. The van der Waals surface area contributed by atoms with Crippen molar-refractivity contribution in [1.82, 2.24) is 4.90 Å². The molecule has 1 heterocycles. The maximum Gasteiger partial charge on any atom is 0.0521 e. The number of para-hydroxylation sites is 1. The van der Waals surface area contributed by atoms with Crippen molar-refractivity contribution >= 4 is 5.69 Å². The molecule has 2 aromatic carbocycles. The van der Waals surface area contributed by atoms with Gasteiger partial charge in [0.1, 0.15) is 0 Å². The van der Waals surface area contributed by atoms with Crippen molar-refractivity contribution in [3.63, 3.8) is 0 Å². The van der Waals surface area contributed by atoms with Crippen molar-refractivity contribution in [2.75, 3.05) is 25.5 Å². The summed E-state index contributed by atoms with van der Waals surface area (Å²) in [5.74, 6) is 0. The SMILES string of the molecule is CN(C)[C@@H]1CN(c2ccccc2)Cc2ccccc21. The quantitative estimate of drug-likeness (QED) is 0.809. The Labute approximate surface area is 115 Å². The van der Waals surface area contributed by atoms with Gasteiger partial charge in [0.15, 0.2) is 0 Å². The predicted octanol–water partition coefficient (Wildman–Crippen LogP) is 3.31. The Bertz CT molecular complexity index is 548. The molecule has 0 saturated carbocycles. The van der Waals surface area contributed by atoms with Gasteiger partial charge < -0.3 is 9.80 Å². The molecule has 2 heteroatoms. The first-order valence-corrected chi connectivity index (χ1v) is 6.80. The molecule has 0 saturated heterocycles. The van der Waals surface area contributed by atoms with E-state index in [1.807, 2.05) is 0 Å². The molecule has 0 spiro atoms. The van der Waals surface area contributed by atoms with E-state index in [2.05, 4.69) is 78.5 Å². The highest BCUT2D eigenvalue weighted by molar-refractivity contribution is 5.50. The average molecular weight is 252 g/mol. The molecule has 2 aromatic rings. The number of likely N-dealkylation sites (N-methyl/N-ethyl adjacent to an activating group) is 1. The Morgan fingerprint density at radius 2 is 1.63 bits per heavy atom. The van der Waals surface area contributed by atoms with E-state index >= 15 is 0 Å². The molecule has 2 nitrogen and oxygen atoms in total. The first-order valence-electron chi connectivity index (χ1n) is 6.80. The van der Waals surface area contributed by atoms with Crippen LogP contribution < -0.4 is 4.90 Å². The summed E-state index contributed by atoms with van der Waals surface area (Å²) in [4.78, 5) is 4.78. The summed E-state index contributed by atoms with van der Waals surface area (Å²) in [7, 11) is 4.33. The number of hydrogen-bond acceptors (Lipinski definition) is 2. The highest BCUT2D eigenvalue weighted by atomic mass is 15.2. The third-order valence-corrected chi connectivity index (χ3v) is 3.91. The van der Waals surface area contributed by atoms with E-state index in [0.29, 0.717) is 6.04 Å². The fourth-order valence-corrected chi connectivity index (χ4v) is 2.86. The monoisotopic (exact) mass is 252 g/mol. The van der Waals surface area contributed by atoms with Gasteiger partial charge in [0.25, 0.3) is 0 Å². The van der Waals surface area contributed by atoms with Crippen LogP contribution >= 0.6 is 0 Å². The van der Waals surface area contributed by atoms with Gasteiger partial charge in [-0.3, -0.25) is 0 Å². The molecule has 0 amide bonds. The molecule has 1 aliphatic heterocycles. The lowest BCUT2D eigenvalue weighted by molar-refractivity contribution is 0.290. The van der Waals surface area contributed by atoms with E-state index < -0.39 is 0 Å². The van der Waals surface area contributed by atoms with Gasteiger partial charge in [-0.15, -0.1) is 0 Å². The second-order valence-electron chi connectivity index (χ2n) is 5.39. The Morgan fingerprint density at radius 3 is 2.37 bits per heavy atom. The lowest BCUT2D eigenvalue weighted by Gasteiger charge is -2.39. The van der Waals surface area contributed by atoms with Crippen molar-refractivity contribution in [3.05, 3.63) is 65.7 Å². The fourth-order valence-electron chi connectivity index (χ4n) is 2.86. The summed E-state index contributed by atoms with van der Waals surface area (Å²) in [5, 5.41) is 0. The van der Waals surface area contributed by atoms with Gasteiger partial charge in [0.2, 0.25) is 0 Å². The van der Waals surface area contributed by atoms with Gasteiger partial charge in [-0.1, -0.05) is 42.5 Å². The van der Waals surface area contributed by atoms with Crippen LogP contribution in [0.25, 0.3) is 0 Å². The van der Waals surface area contributed by atoms with E-state index in [-0.39, 0.29) is 0 Å². The average Bonchev–Trinajstić information content (AvgIpc) is 2.47. The van der Waals surface area contributed by atoms with Gasteiger partial charge in [-0.25, -0.2) is 0 Å². The Balaban J connectivity index is 1.97. The van der Waals surface area contributed by atoms with Crippen LogP contribution in [0.3, 0.4) is 0 Å². The highest BCUT2D eigenvalue weighted by Crippen LogP contribution is 2.32. The molecule has 0 radical (unpaired) electrons. The molecule has 1 atom stereocenters. The van der Waals surface area contributed by atoms with E-state index in [0.717, 1.165) is 13.1 Å². The summed E-state index contributed by atoms with van der Waals surface area (Å²) < 4.78 is 0. The van der Waals surface area contributed by atoms with Crippen LogP contribution in [0.5, 0.6) is 0 Å². The van der Waals surface area contributed by atoms with Crippen LogP contribution in [-0.2, 0) is 6.54 Å². The first kappa shape index (κ1) is 12.2. The van der Waals surface area contributed by atoms with Crippen molar-refractivity contribution in [2.24, 2.45) is 0 Å². The molecule has 98 valence electrons. The van der Waals surface area contributed by atoms with Gasteiger partial charge >= 0.3 is 0 Å².